The first-order chi connectivity index (χ1) is 10.8. The number of hydrogen-bond acceptors (Lipinski definition) is 1. The summed E-state index contributed by atoms with van der Waals surface area (Å²) in [6.45, 7) is 0.385. The topological polar surface area (TPSA) is 26.0 Å². The van der Waals surface area contributed by atoms with Gasteiger partial charge < -0.3 is 5.73 Å². The van der Waals surface area contributed by atoms with Crippen LogP contribution in [0.4, 0.5) is 13.2 Å². The van der Waals surface area contributed by atoms with Gasteiger partial charge in [0.05, 0.1) is 5.92 Å². The van der Waals surface area contributed by atoms with Gasteiger partial charge in [0.25, 0.3) is 0 Å². The highest BCUT2D eigenvalue weighted by molar-refractivity contribution is 6.34. The number of allylic oxidation sites excluding steroid dienone is 1. The molecule has 1 atom stereocenters. The Kier molecular flexibility index (Phi) is 5.74. The Morgan fingerprint density at radius 3 is 2.04 bits per heavy atom. The van der Waals surface area contributed by atoms with Crippen molar-refractivity contribution in [2.45, 2.75) is 18.6 Å². The second-order valence-electron chi connectivity index (χ2n) is 5.03. The molecule has 0 aliphatic rings. The fourth-order valence-corrected chi connectivity index (χ4v) is 2.68. The first-order valence-corrected chi connectivity index (χ1v) is 7.55. The van der Waals surface area contributed by atoms with Crippen molar-refractivity contribution in [1.82, 2.24) is 0 Å². The van der Waals surface area contributed by atoms with E-state index in [2.05, 4.69) is 0 Å². The summed E-state index contributed by atoms with van der Waals surface area (Å²) in [5, 5.41) is 0.338. The van der Waals surface area contributed by atoms with E-state index in [1.807, 2.05) is 0 Å². The zero-order chi connectivity index (χ0) is 17.0. The van der Waals surface area contributed by atoms with Gasteiger partial charge in [0, 0.05) is 16.6 Å². The van der Waals surface area contributed by atoms with Crippen LogP contribution in [-0.4, -0.2) is 6.18 Å². The molecule has 0 aliphatic carbocycles. The van der Waals surface area contributed by atoms with Gasteiger partial charge in [-0.1, -0.05) is 59.6 Å². The molecule has 0 aromatic heterocycles. The monoisotopic (exact) mass is 359 g/mol. The third-order valence-electron chi connectivity index (χ3n) is 3.29. The van der Waals surface area contributed by atoms with Crippen LogP contribution >= 0.6 is 23.2 Å². The van der Waals surface area contributed by atoms with Crippen LogP contribution in [0.1, 0.15) is 22.6 Å². The Morgan fingerprint density at radius 1 is 1.00 bits per heavy atom. The smallest absolute Gasteiger partial charge is 0.326 e. The van der Waals surface area contributed by atoms with Gasteiger partial charge in [-0.25, -0.2) is 0 Å². The molecule has 0 bridgehead atoms. The largest absolute Gasteiger partial charge is 0.399 e. The van der Waals surface area contributed by atoms with Crippen LogP contribution in [0.15, 0.2) is 48.5 Å². The molecule has 2 aromatic carbocycles. The maximum absolute atomic E-state index is 13.3. The Morgan fingerprint density at radius 2 is 1.57 bits per heavy atom. The van der Waals surface area contributed by atoms with E-state index < -0.39 is 12.1 Å². The fraction of sp³-hybridized carbons (Fsp3) is 0.176. The van der Waals surface area contributed by atoms with Crippen LogP contribution in [0.2, 0.25) is 10.0 Å². The summed E-state index contributed by atoms with van der Waals surface area (Å²) in [6, 6.07) is 10.9. The molecule has 2 N–H and O–H groups in total. The number of alkyl halides is 3. The number of rotatable bonds is 4. The van der Waals surface area contributed by atoms with Gasteiger partial charge in [-0.3, -0.25) is 0 Å². The summed E-state index contributed by atoms with van der Waals surface area (Å²) in [4.78, 5) is 0. The Labute approximate surface area is 142 Å². The van der Waals surface area contributed by atoms with Crippen molar-refractivity contribution < 1.29 is 13.2 Å². The molecule has 6 heteroatoms. The number of halogens is 5. The third kappa shape index (κ3) is 4.99. The summed E-state index contributed by atoms with van der Waals surface area (Å²) >= 11 is 11.6. The summed E-state index contributed by atoms with van der Waals surface area (Å²) in [5.74, 6) is -1.78. The fourth-order valence-electron chi connectivity index (χ4n) is 2.14. The molecule has 0 amide bonds. The maximum atomic E-state index is 13.3. The van der Waals surface area contributed by atoms with Crippen molar-refractivity contribution in [3.8, 4) is 0 Å². The molecule has 0 saturated carbocycles. The van der Waals surface area contributed by atoms with Gasteiger partial charge in [0.1, 0.15) is 0 Å². The van der Waals surface area contributed by atoms with Gasteiger partial charge in [-0.15, -0.1) is 0 Å². The first-order valence-electron chi connectivity index (χ1n) is 6.79. The van der Waals surface area contributed by atoms with Crippen molar-refractivity contribution in [3.05, 3.63) is 75.3 Å². The zero-order valence-corrected chi connectivity index (χ0v) is 13.5. The zero-order valence-electron chi connectivity index (χ0n) is 11.9. The molecule has 0 aliphatic heterocycles. The highest BCUT2D eigenvalue weighted by atomic mass is 35.5. The van der Waals surface area contributed by atoms with Gasteiger partial charge in [0.15, 0.2) is 0 Å². The average Bonchev–Trinajstić information content (AvgIpc) is 2.45. The molecular formula is C17H14Cl2F3N. The predicted molar refractivity (Wildman–Crippen MR) is 88.6 cm³/mol. The van der Waals surface area contributed by atoms with Crippen molar-refractivity contribution in [2.75, 3.05) is 0 Å². The lowest BCUT2D eigenvalue weighted by atomic mass is 9.97. The highest BCUT2D eigenvalue weighted by Crippen LogP contribution is 2.38. The van der Waals surface area contributed by atoms with Crippen LogP contribution in [0.5, 0.6) is 0 Å². The molecule has 1 nitrogen and oxygen atoms in total. The second-order valence-corrected chi connectivity index (χ2v) is 5.90. The molecule has 0 spiro atoms. The van der Waals surface area contributed by atoms with Crippen LogP contribution in [-0.2, 0) is 6.54 Å². The summed E-state index contributed by atoms with van der Waals surface area (Å²) in [5.41, 5.74) is 7.07. The van der Waals surface area contributed by atoms with Crippen molar-refractivity contribution >= 4 is 29.3 Å². The lowest BCUT2D eigenvalue weighted by Gasteiger charge is -2.18. The van der Waals surface area contributed by atoms with E-state index in [-0.39, 0.29) is 15.6 Å². The van der Waals surface area contributed by atoms with Crippen LogP contribution < -0.4 is 5.73 Å². The molecule has 0 fully saturated rings. The lowest BCUT2D eigenvalue weighted by Crippen LogP contribution is -2.18. The number of hydrogen-bond donors (Lipinski definition) is 1. The minimum atomic E-state index is -4.44. The molecule has 23 heavy (non-hydrogen) atoms. The molecule has 122 valence electrons. The predicted octanol–water partition coefficient (Wildman–Crippen LogP) is 5.81. The quantitative estimate of drug-likeness (QED) is 0.731. The van der Waals surface area contributed by atoms with E-state index >= 15 is 0 Å². The number of nitrogens with two attached hydrogens (primary N) is 1. The van der Waals surface area contributed by atoms with Crippen LogP contribution in [0, 0.1) is 0 Å². The minimum Gasteiger partial charge on any atom is -0.326 e. The SMILES string of the molecule is NCc1ccc(/C=C/C(c2cc(Cl)cc(Cl)c2)C(F)(F)F)cc1. The van der Waals surface area contributed by atoms with Crippen molar-refractivity contribution in [2.24, 2.45) is 5.73 Å². The molecule has 2 aromatic rings. The molecule has 1 unspecified atom stereocenters. The van der Waals surface area contributed by atoms with Crippen LogP contribution in [0.3, 0.4) is 0 Å². The average molecular weight is 360 g/mol. The minimum absolute atomic E-state index is 0.00447. The molecule has 0 heterocycles. The summed E-state index contributed by atoms with van der Waals surface area (Å²) < 4.78 is 40.0. The third-order valence-corrected chi connectivity index (χ3v) is 3.73. The van der Waals surface area contributed by atoms with Gasteiger partial charge in [0.2, 0.25) is 0 Å². The van der Waals surface area contributed by atoms with Gasteiger partial charge in [-0.05, 0) is 34.9 Å². The maximum Gasteiger partial charge on any atom is 0.399 e. The Bertz CT molecular complexity index is 674. The van der Waals surface area contributed by atoms with E-state index in [1.54, 1.807) is 24.3 Å². The van der Waals surface area contributed by atoms with Crippen molar-refractivity contribution in [3.63, 3.8) is 0 Å². The molecular weight excluding hydrogens is 346 g/mol. The lowest BCUT2D eigenvalue weighted by molar-refractivity contribution is -0.139. The molecule has 0 radical (unpaired) electrons. The van der Waals surface area contributed by atoms with E-state index in [1.165, 1.54) is 24.3 Å². The second kappa shape index (κ2) is 7.39. The van der Waals surface area contributed by atoms with Crippen molar-refractivity contribution in [1.29, 1.82) is 0 Å². The van der Waals surface area contributed by atoms with Crippen LogP contribution in [0.25, 0.3) is 6.08 Å². The first kappa shape index (κ1) is 17.9. The number of benzene rings is 2. The van der Waals surface area contributed by atoms with Gasteiger partial charge >= 0.3 is 6.18 Å². The standard InChI is InChI=1S/C17H14Cl2F3N/c18-14-7-13(8-15(19)9-14)16(17(20,21)22)6-5-11-1-3-12(10-23)4-2-11/h1-9,16H,10,23H2/b6-5+. The Hall–Kier alpha value is -1.49. The van der Waals surface area contributed by atoms with Gasteiger partial charge in [-0.2, -0.15) is 13.2 Å². The van der Waals surface area contributed by atoms with E-state index in [0.717, 1.165) is 11.6 Å². The van der Waals surface area contributed by atoms with E-state index in [0.29, 0.717) is 12.1 Å². The summed E-state index contributed by atoms with van der Waals surface area (Å²) in [7, 11) is 0. The Balaban J connectivity index is 2.33. The molecule has 0 saturated heterocycles. The summed E-state index contributed by atoms with van der Waals surface area (Å²) in [6.07, 6.45) is -1.92. The molecule has 2 rings (SSSR count). The van der Waals surface area contributed by atoms with E-state index in [4.69, 9.17) is 28.9 Å². The normalized spacial score (nSPS) is 13.5. The van der Waals surface area contributed by atoms with E-state index in [9.17, 15) is 13.2 Å². The highest BCUT2D eigenvalue weighted by Gasteiger charge is 2.39.